The molecule has 6 nitrogen and oxygen atoms in total. The molecule has 0 aromatic carbocycles. The van der Waals surface area contributed by atoms with Gasteiger partial charge in [0.2, 0.25) is 0 Å². The fraction of sp³-hybridized carbons (Fsp3) is 0.615. The van der Waals surface area contributed by atoms with E-state index in [0.717, 1.165) is 0 Å². The number of amides is 1. The van der Waals surface area contributed by atoms with Gasteiger partial charge in [0.1, 0.15) is 5.03 Å². The molecule has 1 unspecified atom stereocenters. The number of thioether (sulfide) groups is 1. The molecule has 112 valence electrons. The van der Waals surface area contributed by atoms with Gasteiger partial charge in [0.25, 0.3) is 5.91 Å². The topological polar surface area (TPSA) is 95.1 Å². The minimum Gasteiger partial charge on any atom is -0.396 e. The molecule has 1 aromatic heterocycles. The summed E-state index contributed by atoms with van der Waals surface area (Å²) in [5.41, 5.74) is 0.429. The molecule has 1 amide bonds. The average Bonchev–Trinajstić information content (AvgIpc) is 2.36. The Morgan fingerprint density at radius 2 is 2.15 bits per heavy atom. The summed E-state index contributed by atoms with van der Waals surface area (Å²) >= 11 is 1.26. The summed E-state index contributed by atoms with van der Waals surface area (Å²) in [5.74, 6) is -0.0670. The number of H-pyrrole nitrogens is 1. The summed E-state index contributed by atoms with van der Waals surface area (Å²) < 4.78 is 0. The number of aromatic nitrogens is 2. The summed E-state index contributed by atoms with van der Waals surface area (Å²) in [4.78, 5) is 30.1. The first-order valence-electron chi connectivity index (χ1n) is 6.47. The van der Waals surface area contributed by atoms with E-state index in [2.05, 4.69) is 15.3 Å². The smallest absolute Gasteiger partial charge is 0.346 e. The van der Waals surface area contributed by atoms with Gasteiger partial charge in [-0.3, -0.25) is 4.79 Å². The van der Waals surface area contributed by atoms with Crippen LogP contribution in [0.15, 0.2) is 9.82 Å². The highest BCUT2D eigenvalue weighted by Gasteiger charge is 2.21. The number of carbonyl (C=O) groups excluding carboxylic acids is 1. The van der Waals surface area contributed by atoms with Crippen LogP contribution in [0.2, 0.25) is 0 Å². The van der Waals surface area contributed by atoms with Crippen molar-refractivity contribution in [2.24, 2.45) is 5.92 Å². The van der Waals surface area contributed by atoms with Crippen LogP contribution in [0.25, 0.3) is 0 Å². The zero-order valence-electron chi connectivity index (χ0n) is 12.2. The van der Waals surface area contributed by atoms with E-state index < -0.39 is 5.69 Å². The first-order valence-corrected chi connectivity index (χ1v) is 7.69. The second-order valence-corrected chi connectivity index (χ2v) is 5.68. The molecule has 0 aliphatic heterocycles. The van der Waals surface area contributed by atoms with Crippen LogP contribution in [0.3, 0.4) is 0 Å². The van der Waals surface area contributed by atoms with Crippen molar-refractivity contribution < 1.29 is 9.90 Å². The van der Waals surface area contributed by atoms with Crippen molar-refractivity contribution in [1.29, 1.82) is 0 Å². The monoisotopic (exact) mass is 299 g/mol. The largest absolute Gasteiger partial charge is 0.396 e. The minimum atomic E-state index is -0.459. The second kappa shape index (κ2) is 7.44. The van der Waals surface area contributed by atoms with Crippen LogP contribution < -0.4 is 11.0 Å². The number of carbonyl (C=O) groups is 1. The van der Waals surface area contributed by atoms with Crippen LogP contribution in [-0.4, -0.2) is 39.9 Å². The van der Waals surface area contributed by atoms with Crippen molar-refractivity contribution in [3.8, 4) is 0 Å². The standard InChI is InChI=1S/C13H21N3O3S/c1-7(2)9(5-6-17)15-11(18)10-8(3)14-13(19)16-12(10)20-4/h7,9,17H,5-6H2,1-4H3,(H,15,18)(H,14,16,19). The van der Waals surface area contributed by atoms with Gasteiger partial charge in [-0.2, -0.15) is 4.98 Å². The third-order valence-corrected chi connectivity index (χ3v) is 3.75. The normalized spacial score (nSPS) is 12.5. The van der Waals surface area contributed by atoms with Gasteiger partial charge in [0, 0.05) is 18.3 Å². The fourth-order valence-electron chi connectivity index (χ4n) is 1.93. The Labute approximate surface area is 122 Å². The highest BCUT2D eigenvalue weighted by Crippen LogP contribution is 2.18. The number of hydrogen-bond acceptors (Lipinski definition) is 5. The third-order valence-electron chi connectivity index (χ3n) is 3.07. The molecule has 3 N–H and O–H groups in total. The van der Waals surface area contributed by atoms with Gasteiger partial charge in [-0.05, 0) is 25.5 Å². The van der Waals surface area contributed by atoms with Crippen LogP contribution >= 0.6 is 11.8 Å². The Morgan fingerprint density at radius 3 is 2.65 bits per heavy atom. The Balaban J connectivity index is 3.05. The SMILES string of the molecule is CSc1nc(=O)[nH]c(C)c1C(=O)NC(CCO)C(C)C. The highest BCUT2D eigenvalue weighted by atomic mass is 32.2. The average molecular weight is 299 g/mol. The number of rotatable bonds is 6. The van der Waals surface area contributed by atoms with E-state index >= 15 is 0 Å². The van der Waals surface area contributed by atoms with Gasteiger partial charge in [-0.25, -0.2) is 4.79 Å². The zero-order valence-corrected chi connectivity index (χ0v) is 13.0. The van der Waals surface area contributed by atoms with Crippen molar-refractivity contribution in [2.75, 3.05) is 12.9 Å². The highest BCUT2D eigenvalue weighted by molar-refractivity contribution is 7.98. The predicted octanol–water partition coefficient (Wildman–Crippen LogP) is 0.937. The van der Waals surface area contributed by atoms with Crippen LogP contribution in [0.4, 0.5) is 0 Å². The fourth-order valence-corrected chi connectivity index (χ4v) is 2.55. The third kappa shape index (κ3) is 4.08. The summed E-state index contributed by atoms with van der Waals surface area (Å²) in [6.07, 6.45) is 2.26. The first kappa shape index (κ1) is 16.7. The minimum absolute atomic E-state index is 0.0152. The van der Waals surface area contributed by atoms with Gasteiger partial charge >= 0.3 is 5.69 Å². The Morgan fingerprint density at radius 1 is 1.50 bits per heavy atom. The van der Waals surface area contributed by atoms with Gasteiger partial charge < -0.3 is 15.4 Å². The van der Waals surface area contributed by atoms with Gasteiger partial charge in [-0.1, -0.05) is 13.8 Å². The van der Waals surface area contributed by atoms with Crippen molar-refractivity contribution in [2.45, 2.75) is 38.3 Å². The first-order chi connectivity index (χ1) is 9.40. The second-order valence-electron chi connectivity index (χ2n) is 4.89. The molecule has 0 saturated carbocycles. The maximum atomic E-state index is 12.4. The number of aliphatic hydroxyl groups excluding tert-OH is 1. The van der Waals surface area contributed by atoms with E-state index in [1.807, 2.05) is 13.8 Å². The van der Waals surface area contributed by atoms with Gasteiger partial charge in [-0.15, -0.1) is 11.8 Å². The van der Waals surface area contributed by atoms with Gasteiger partial charge in [0.05, 0.1) is 5.56 Å². The number of aromatic amines is 1. The van der Waals surface area contributed by atoms with E-state index in [1.54, 1.807) is 13.2 Å². The number of hydrogen-bond donors (Lipinski definition) is 3. The molecule has 1 atom stereocenters. The van der Waals surface area contributed by atoms with E-state index in [9.17, 15) is 9.59 Å². The molecule has 7 heteroatoms. The molecule has 0 spiro atoms. The van der Waals surface area contributed by atoms with Crippen LogP contribution in [0.1, 0.15) is 36.3 Å². The summed E-state index contributed by atoms with van der Waals surface area (Å²) in [7, 11) is 0. The molecular formula is C13H21N3O3S. The maximum Gasteiger partial charge on any atom is 0.346 e. The zero-order chi connectivity index (χ0) is 15.3. The number of aliphatic hydroxyl groups is 1. The number of aryl methyl sites for hydroxylation is 1. The Hall–Kier alpha value is -1.34. The molecule has 0 radical (unpaired) electrons. The van der Waals surface area contributed by atoms with Crippen molar-refractivity contribution >= 4 is 17.7 Å². The molecule has 0 aliphatic rings. The lowest BCUT2D eigenvalue weighted by molar-refractivity contribution is 0.0911. The summed E-state index contributed by atoms with van der Waals surface area (Å²) in [6, 6.07) is -0.117. The lowest BCUT2D eigenvalue weighted by Gasteiger charge is -2.22. The molecular weight excluding hydrogens is 278 g/mol. The molecule has 0 fully saturated rings. The predicted molar refractivity (Wildman–Crippen MR) is 79.2 cm³/mol. The quantitative estimate of drug-likeness (QED) is 0.537. The molecule has 0 saturated heterocycles. The van der Waals surface area contributed by atoms with Crippen molar-refractivity contribution in [1.82, 2.24) is 15.3 Å². The number of nitrogens with zero attached hydrogens (tertiary/aromatic N) is 1. The molecule has 1 aromatic rings. The van der Waals surface area contributed by atoms with Crippen LogP contribution in [0, 0.1) is 12.8 Å². The lowest BCUT2D eigenvalue weighted by atomic mass is 10.0. The molecule has 1 rings (SSSR count). The lowest BCUT2D eigenvalue weighted by Crippen LogP contribution is -2.40. The van der Waals surface area contributed by atoms with E-state index in [-0.39, 0.29) is 24.5 Å². The van der Waals surface area contributed by atoms with E-state index in [4.69, 9.17) is 5.11 Å². The molecule has 0 aliphatic carbocycles. The van der Waals surface area contributed by atoms with Gasteiger partial charge in [0.15, 0.2) is 0 Å². The molecule has 20 heavy (non-hydrogen) atoms. The van der Waals surface area contributed by atoms with Crippen molar-refractivity contribution in [3.05, 3.63) is 21.7 Å². The maximum absolute atomic E-state index is 12.4. The van der Waals surface area contributed by atoms with Crippen LogP contribution in [0.5, 0.6) is 0 Å². The number of nitrogens with one attached hydrogen (secondary N) is 2. The summed E-state index contributed by atoms with van der Waals surface area (Å²) in [6.45, 7) is 5.65. The van der Waals surface area contributed by atoms with E-state index in [1.165, 1.54) is 11.8 Å². The summed E-state index contributed by atoms with van der Waals surface area (Å²) in [5, 5.41) is 12.4. The van der Waals surface area contributed by atoms with E-state index in [0.29, 0.717) is 22.7 Å². The molecule has 1 heterocycles. The Kier molecular flexibility index (Phi) is 6.22. The Bertz CT molecular complexity index is 528. The van der Waals surface area contributed by atoms with Crippen molar-refractivity contribution in [3.63, 3.8) is 0 Å². The van der Waals surface area contributed by atoms with Crippen LogP contribution in [-0.2, 0) is 0 Å². The molecule has 0 bridgehead atoms.